The van der Waals surface area contributed by atoms with Gasteiger partial charge in [-0.3, -0.25) is 4.79 Å². The molecule has 7 atom stereocenters. The van der Waals surface area contributed by atoms with E-state index >= 15 is 0 Å². The molecule has 0 bridgehead atoms. The number of ketones is 1. The average Bonchev–Trinajstić information content (AvgIpc) is 3.18. The first-order chi connectivity index (χ1) is 12.4. The van der Waals surface area contributed by atoms with E-state index in [1.165, 1.54) is 44.1 Å². The highest BCUT2D eigenvalue weighted by Crippen LogP contribution is 2.68. The van der Waals surface area contributed by atoms with E-state index in [9.17, 15) is 9.59 Å². The van der Waals surface area contributed by atoms with Crippen LogP contribution in [0.2, 0.25) is 0 Å². The van der Waals surface area contributed by atoms with Crippen LogP contribution in [0.1, 0.15) is 71.6 Å². The molecule has 5 aliphatic rings. The van der Waals surface area contributed by atoms with E-state index < -0.39 is 0 Å². The zero-order chi connectivity index (χ0) is 18.1. The lowest BCUT2D eigenvalue weighted by molar-refractivity contribution is -0.139. The Bertz CT molecular complexity index is 679. The lowest BCUT2D eigenvalue weighted by Crippen LogP contribution is -2.53. The molecule has 0 radical (unpaired) electrons. The number of carbonyl (C=O) groups is 2. The molecule has 0 unspecified atom stereocenters. The monoisotopic (exact) mass is 356 g/mol. The molecule has 1 aliphatic heterocycles. The molecule has 0 aromatic heterocycles. The number of esters is 1. The van der Waals surface area contributed by atoms with Crippen molar-refractivity contribution in [3.63, 3.8) is 0 Å². The van der Waals surface area contributed by atoms with Gasteiger partial charge in [0.1, 0.15) is 12.4 Å². The van der Waals surface area contributed by atoms with Gasteiger partial charge in [-0.05, 0) is 90.9 Å². The molecule has 3 nitrogen and oxygen atoms in total. The minimum absolute atomic E-state index is 0.138. The molecule has 0 aromatic carbocycles. The van der Waals surface area contributed by atoms with Crippen LogP contribution < -0.4 is 0 Å². The third-order valence-electron chi connectivity index (χ3n) is 9.61. The first kappa shape index (κ1) is 17.0. The summed E-state index contributed by atoms with van der Waals surface area (Å²) in [6.07, 6.45) is 12.3. The van der Waals surface area contributed by atoms with Crippen LogP contribution in [0.5, 0.6) is 0 Å². The number of rotatable bonds is 1. The highest BCUT2D eigenvalue weighted by Gasteiger charge is 2.60. The van der Waals surface area contributed by atoms with Crippen LogP contribution in [0.15, 0.2) is 11.6 Å². The van der Waals surface area contributed by atoms with E-state index in [-0.39, 0.29) is 5.97 Å². The first-order valence-corrected chi connectivity index (χ1v) is 10.8. The van der Waals surface area contributed by atoms with E-state index in [0.29, 0.717) is 35.1 Å². The molecule has 4 aliphatic carbocycles. The quantitative estimate of drug-likeness (QED) is 0.640. The summed E-state index contributed by atoms with van der Waals surface area (Å²) < 4.78 is 5.24. The van der Waals surface area contributed by atoms with Gasteiger partial charge in [-0.25, -0.2) is 4.79 Å². The number of cyclic esters (lactones) is 1. The molecule has 1 heterocycles. The predicted octanol–water partition coefficient (Wildman–Crippen LogP) is 4.70. The zero-order valence-electron chi connectivity index (χ0n) is 16.3. The van der Waals surface area contributed by atoms with Crippen molar-refractivity contribution >= 4 is 11.8 Å². The third-order valence-corrected chi connectivity index (χ3v) is 9.61. The second-order valence-corrected chi connectivity index (χ2v) is 10.4. The highest BCUT2D eigenvalue weighted by molar-refractivity contribution is 5.85. The normalized spacial score (nSPS) is 50.5. The molecular formula is C23H32O3. The van der Waals surface area contributed by atoms with Crippen LogP contribution >= 0.6 is 0 Å². The van der Waals surface area contributed by atoms with Crippen LogP contribution in [0.25, 0.3) is 0 Å². The summed E-state index contributed by atoms with van der Waals surface area (Å²) >= 11 is 0. The fourth-order valence-corrected chi connectivity index (χ4v) is 8.24. The summed E-state index contributed by atoms with van der Waals surface area (Å²) in [4.78, 5) is 23.6. The molecule has 0 amide bonds. The number of carbonyl (C=O) groups excluding carboxylic acids is 2. The second kappa shape index (κ2) is 5.69. The van der Waals surface area contributed by atoms with Crippen molar-refractivity contribution < 1.29 is 14.3 Å². The van der Waals surface area contributed by atoms with Gasteiger partial charge in [0.15, 0.2) is 0 Å². The van der Waals surface area contributed by atoms with Gasteiger partial charge in [0, 0.05) is 18.9 Å². The molecule has 4 fully saturated rings. The number of hydrogen-bond donors (Lipinski definition) is 0. The molecule has 3 heteroatoms. The Balaban J connectivity index is 1.42. The van der Waals surface area contributed by atoms with Gasteiger partial charge in [-0.1, -0.05) is 13.8 Å². The summed E-state index contributed by atoms with van der Waals surface area (Å²) in [6, 6.07) is 0. The van der Waals surface area contributed by atoms with Gasteiger partial charge in [0.05, 0.1) is 0 Å². The van der Waals surface area contributed by atoms with Crippen molar-refractivity contribution in [3.8, 4) is 0 Å². The Morgan fingerprint density at radius 3 is 2.54 bits per heavy atom. The largest absolute Gasteiger partial charge is 0.458 e. The summed E-state index contributed by atoms with van der Waals surface area (Å²) in [5, 5.41) is 0. The van der Waals surface area contributed by atoms with Crippen LogP contribution in [-0.2, 0) is 14.3 Å². The maximum atomic E-state index is 12.0. The fraction of sp³-hybridized carbons (Fsp3) is 0.826. The van der Waals surface area contributed by atoms with Gasteiger partial charge in [-0.2, -0.15) is 0 Å². The Labute approximate surface area is 156 Å². The Morgan fingerprint density at radius 1 is 0.962 bits per heavy atom. The van der Waals surface area contributed by atoms with Crippen LogP contribution in [-0.4, -0.2) is 18.4 Å². The number of Topliss-reactive ketones (excluding diaryl/α,β-unsaturated/α-hetero) is 1. The minimum atomic E-state index is -0.138. The van der Waals surface area contributed by atoms with E-state index in [1.54, 1.807) is 6.08 Å². The van der Waals surface area contributed by atoms with Gasteiger partial charge in [0.2, 0.25) is 0 Å². The van der Waals surface area contributed by atoms with Crippen LogP contribution in [0.4, 0.5) is 0 Å². The number of fused-ring (bicyclic) bond motifs is 5. The molecule has 26 heavy (non-hydrogen) atoms. The van der Waals surface area contributed by atoms with Crippen LogP contribution in [0.3, 0.4) is 0 Å². The summed E-state index contributed by atoms with van der Waals surface area (Å²) in [5.74, 6) is 3.96. The van der Waals surface area contributed by atoms with Gasteiger partial charge >= 0.3 is 5.97 Å². The zero-order valence-corrected chi connectivity index (χ0v) is 16.3. The lowest BCUT2D eigenvalue weighted by atomic mass is 9.44. The van der Waals surface area contributed by atoms with Crippen molar-refractivity contribution in [2.75, 3.05) is 6.61 Å². The SMILES string of the molecule is C[C@]12CCC(=O)C[C@H]1CC[C@H]1[C@H]3CC[C@H](C4=CC(=O)OC4)[C@@]3(C)CC[C@@H]12. The summed E-state index contributed by atoms with van der Waals surface area (Å²) in [6.45, 7) is 5.55. The molecule has 4 saturated carbocycles. The standard InChI is InChI=1S/C23H32O3/c1-22-9-7-16(24)12-15(22)3-4-17-19-6-5-18(14-11-21(25)26-13-14)23(19,2)10-8-20(17)22/h11,15,17-20H,3-10,12-13H2,1-2H3/t15-,17+,18-,19-,20+,22+,23-/m1/s1. The fourth-order valence-electron chi connectivity index (χ4n) is 8.24. The Kier molecular flexibility index (Phi) is 3.72. The van der Waals surface area contributed by atoms with Crippen molar-refractivity contribution in [1.82, 2.24) is 0 Å². The van der Waals surface area contributed by atoms with Crippen molar-refractivity contribution in [2.24, 2.45) is 40.4 Å². The van der Waals surface area contributed by atoms with Crippen molar-refractivity contribution in [1.29, 1.82) is 0 Å². The van der Waals surface area contributed by atoms with E-state index in [1.807, 2.05) is 0 Å². The van der Waals surface area contributed by atoms with E-state index in [0.717, 1.165) is 37.0 Å². The molecule has 0 spiro atoms. The smallest absolute Gasteiger partial charge is 0.331 e. The van der Waals surface area contributed by atoms with Gasteiger partial charge < -0.3 is 4.74 Å². The van der Waals surface area contributed by atoms with Gasteiger partial charge in [-0.15, -0.1) is 0 Å². The van der Waals surface area contributed by atoms with Crippen molar-refractivity contribution in [2.45, 2.75) is 71.6 Å². The number of hydrogen-bond acceptors (Lipinski definition) is 3. The maximum Gasteiger partial charge on any atom is 0.331 e. The molecule has 0 N–H and O–H groups in total. The molecule has 142 valence electrons. The first-order valence-electron chi connectivity index (χ1n) is 10.8. The van der Waals surface area contributed by atoms with E-state index in [4.69, 9.17) is 4.74 Å². The molecule has 5 rings (SSSR count). The lowest BCUT2D eigenvalue weighted by Gasteiger charge is -2.60. The van der Waals surface area contributed by atoms with Crippen LogP contribution in [0, 0.1) is 40.4 Å². The third kappa shape index (κ3) is 2.24. The Hall–Kier alpha value is -1.12. The van der Waals surface area contributed by atoms with E-state index in [2.05, 4.69) is 13.8 Å². The topological polar surface area (TPSA) is 43.4 Å². The average molecular weight is 357 g/mol. The predicted molar refractivity (Wildman–Crippen MR) is 99.3 cm³/mol. The highest BCUT2D eigenvalue weighted by atomic mass is 16.5. The summed E-state index contributed by atoms with van der Waals surface area (Å²) in [7, 11) is 0. The maximum absolute atomic E-state index is 12.0. The summed E-state index contributed by atoms with van der Waals surface area (Å²) in [5.41, 5.74) is 2.00. The second-order valence-electron chi connectivity index (χ2n) is 10.4. The number of ether oxygens (including phenoxy) is 1. The molecule has 0 saturated heterocycles. The molecular weight excluding hydrogens is 324 g/mol. The minimum Gasteiger partial charge on any atom is -0.458 e. The molecule has 0 aromatic rings. The van der Waals surface area contributed by atoms with Crippen molar-refractivity contribution in [3.05, 3.63) is 11.6 Å². The van der Waals surface area contributed by atoms with Gasteiger partial charge in [0.25, 0.3) is 0 Å². The Morgan fingerprint density at radius 2 is 1.77 bits per heavy atom.